The molecule has 1 aliphatic heterocycles. The van der Waals surface area contributed by atoms with Crippen LogP contribution in [0.15, 0.2) is 58.5 Å². The van der Waals surface area contributed by atoms with Crippen LogP contribution in [0.1, 0.15) is 51.8 Å². The molecule has 204 valence electrons. The predicted octanol–water partition coefficient (Wildman–Crippen LogP) is 3.19. The lowest BCUT2D eigenvalue weighted by Crippen LogP contribution is -2.49. The van der Waals surface area contributed by atoms with Crippen molar-refractivity contribution in [1.29, 1.82) is 0 Å². The highest BCUT2D eigenvalue weighted by molar-refractivity contribution is 7.89. The van der Waals surface area contributed by atoms with Crippen molar-refractivity contribution in [3.8, 4) is 0 Å². The highest BCUT2D eigenvalue weighted by Gasteiger charge is 2.30. The topological polar surface area (TPSA) is 147 Å². The maximum Gasteiger partial charge on any atom is 0.413 e. The third-order valence-electron chi connectivity index (χ3n) is 5.65. The first-order valence-electron chi connectivity index (χ1n) is 12.1. The molecule has 2 aromatic rings. The van der Waals surface area contributed by atoms with E-state index in [9.17, 15) is 22.8 Å². The number of rotatable bonds is 8. The molecular formula is C26H33N5O6S. The van der Waals surface area contributed by atoms with Crippen molar-refractivity contribution in [3.05, 3.63) is 64.9 Å². The number of hydrazine groups is 1. The molecule has 0 saturated heterocycles. The Morgan fingerprint density at radius 2 is 1.76 bits per heavy atom. The number of anilines is 1. The summed E-state index contributed by atoms with van der Waals surface area (Å²) in [6.07, 6.45) is -0.383. The molecule has 0 unspecified atom stereocenters. The van der Waals surface area contributed by atoms with E-state index in [0.717, 1.165) is 16.1 Å². The minimum Gasteiger partial charge on any atom is -0.444 e. The van der Waals surface area contributed by atoms with Crippen LogP contribution in [0.25, 0.3) is 0 Å². The molecule has 38 heavy (non-hydrogen) atoms. The quantitative estimate of drug-likeness (QED) is 0.463. The monoisotopic (exact) mass is 543 g/mol. The fraction of sp³-hybridized carbons (Fsp3) is 0.385. The number of sulfonamides is 1. The van der Waals surface area contributed by atoms with E-state index in [1.807, 2.05) is 0 Å². The number of benzene rings is 1. The Kier molecular flexibility index (Phi) is 8.89. The van der Waals surface area contributed by atoms with Gasteiger partial charge in [0.2, 0.25) is 5.91 Å². The van der Waals surface area contributed by atoms with Crippen LogP contribution in [0, 0.1) is 6.92 Å². The average Bonchev–Trinajstić information content (AvgIpc) is 2.82. The number of carbonyl (C=O) groups is 3. The van der Waals surface area contributed by atoms with Crippen LogP contribution in [0.2, 0.25) is 0 Å². The molecule has 0 spiro atoms. The van der Waals surface area contributed by atoms with Gasteiger partial charge in [0.25, 0.3) is 15.9 Å². The van der Waals surface area contributed by atoms with Crippen molar-refractivity contribution in [2.45, 2.75) is 64.5 Å². The van der Waals surface area contributed by atoms with Gasteiger partial charge in [0.1, 0.15) is 11.4 Å². The molecule has 1 aromatic carbocycles. The zero-order valence-corrected chi connectivity index (χ0v) is 22.9. The number of amides is 3. The predicted molar refractivity (Wildman–Crippen MR) is 141 cm³/mol. The highest BCUT2D eigenvalue weighted by Crippen LogP contribution is 2.22. The van der Waals surface area contributed by atoms with Crippen LogP contribution in [-0.2, 0) is 30.9 Å². The van der Waals surface area contributed by atoms with Crippen LogP contribution in [0.4, 0.5) is 10.6 Å². The van der Waals surface area contributed by atoms with Gasteiger partial charge in [0, 0.05) is 24.4 Å². The summed E-state index contributed by atoms with van der Waals surface area (Å²) in [6, 6.07) is 11.1. The molecule has 3 rings (SSSR count). The maximum atomic E-state index is 13.0. The summed E-state index contributed by atoms with van der Waals surface area (Å²) in [6.45, 7) is 9.11. The first-order chi connectivity index (χ1) is 17.7. The molecule has 0 saturated carbocycles. The van der Waals surface area contributed by atoms with Gasteiger partial charge in [0.05, 0.1) is 11.3 Å². The highest BCUT2D eigenvalue weighted by atomic mass is 32.2. The van der Waals surface area contributed by atoms with Gasteiger partial charge >= 0.3 is 6.09 Å². The van der Waals surface area contributed by atoms with Crippen molar-refractivity contribution < 1.29 is 27.5 Å². The first kappa shape index (κ1) is 28.8. The SMILES string of the molecule is CC1=C(CC(=O)NCc2ccc(NC(=O)OC(C)(C)C)nc2C)C(=O)N(NS(=O)(=O)c2ccccc2)CC1. The van der Waals surface area contributed by atoms with Crippen LogP contribution < -0.4 is 15.5 Å². The molecule has 0 fully saturated rings. The number of nitrogens with one attached hydrogen (secondary N) is 3. The molecule has 11 nitrogen and oxygen atoms in total. The molecular weight excluding hydrogens is 510 g/mol. The number of carbonyl (C=O) groups excluding carboxylic acids is 3. The molecule has 3 N–H and O–H groups in total. The summed E-state index contributed by atoms with van der Waals surface area (Å²) in [7, 11) is -3.94. The summed E-state index contributed by atoms with van der Waals surface area (Å²) in [5, 5.41) is 6.37. The molecule has 0 radical (unpaired) electrons. The van der Waals surface area contributed by atoms with Crippen molar-refractivity contribution in [2.75, 3.05) is 11.9 Å². The number of hydrogen-bond donors (Lipinski definition) is 3. The van der Waals surface area contributed by atoms with Gasteiger partial charge in [0.15, 0.2) is 0 Å². The lowest BCUT2D eigenvalue weighted by atomic mass is 9.98. The second-order valence-electron chi connectivity index (χ2n) is 9.89. The van der Waals surface area contributed by atoms with Crippen molar-refractivity contribution >= 4 is 33.7 Å². The third kappa shape index (κ3) is 7.86. The Bertz CT molecular complexity index is 1350. The molecule has 0 atom stereocenters. The molecule has 1 aromatic heterocycles. The summed E-state index contributed by atoms with van der Waals surface area (Å²) < 4.78 is 30.5. The Labute approximate surface area is 222 Å². The zero-order chi connectivity index (χ0) is 28.1. The molecule has 1 aliphatic rings. The van der Waals surface area contributed by atoms with Gasteiger partial charge in [-0.1, -0.05) is 29.8 Å². The van der Waals surface area contributed by atoms with E-state index in [1.165, 1.54) is 12.1 Å². The molecule has 3 amide bonds. The van der Waals surface area contributed by atoms with Crippen LogP contribution >= 0.6 is 0 Å². The van der Waals surface area contributed by atoms with E-state index >= 15 is 0 Å². The van der Waals surface area contributed by atoms with E-state index in [4.69, 9.17) is 4.74 Å². The molecule has 12 heteroatoms. The molecule has 0 aliphatic carbocycles. The smallest absolute Gasteiger partial charge is 0.413 e. The summed E-state index contributed by atoms with van der Waals surface area (Å²) in [5.74, 6) is -0.631. The lowest BCUT2D eigenvalue weighted by molar-refractivity contribution is -0.131. The molecule has 2 heterocycles. The number of nitrogens with zero attached hydrogens (tertiary/aromatic N) is 2. The second-order valence-corrected chi connectivity index (χ2v) is 11.6. The van der Waals surface area contributed by atoms with E-state index in [0.29, 0.717) is 17.9 Å². The van der Waals surface area contributed by atoms with Crippen molar-refractivity contribution in [3.63, 3.8) is 0 Å². The average molecular weight is 544 g/mol. The van der Waals surface area contributed by atoms with Gasteiger partial charge in [-0.05, 0) is 64.8 Å². The minimum atomic E-state index is -3.94. The van der Waals surface area contributed by atoms with Gasteiger partial charge in [-0.3, -0.25) is 19.9 Å². The Morgan fingerprint density at radius 1 is 1.08 bits per heavy atom. The first-order valence-corrected chi connectivity index (χ1v) is 13.5. The van der Waals surface area contributed by atoms with E-state index < -0.39 is 33.5 Å². The Hall–Kier alpha value is -3.77. The molecule has 0 bridgehead atoms. The largest absolute Gasteiger partial charge is 0.444 e. The van der Waals surface area contributed by atoms with Gasteiger partial charge in [-0.25, -0.2) is 18.2 Å². The zero-order valence-electron chi connectivity index (χ0n) is 22.1. The number of hydrogen-bond acceptors (Lipinski definition) is 7. The van der Waals surface area contributed by atoms with E-state index in [2.05, 4.69) is 20.4 Å². The van der Waals surface area contributed by atoms with Crippen LogP contribution in [0.5, 0.6) is 0 Å². The summed E-state index contributed by atoms with van der Waals surface area (Å²) in [5.41, 5.74) is 1.67. The fourth-order valence-corrected chi connectivity index (χ4v) is 4.74. The third-order valence-corrected chi connectivity index (χ3v) is 7.00. The number of aryl methyl sites for hydroxylation is 1. The van der Waals surface area contributed by atoms with E-state index in [-0.39, 0.29) is 30.0 Å². The van der Waals surface area contributed by atoms with Crippen LogP contribution in [-0.4, -0.2) is 48.5 Å². The number of ether oxygens (including phenoxy) is 1. The van der Waals surface area contributed by atoms with Crippen LogP contribution in [0.3, 0.4) is 0 Å². The maximum absolute atomic E-state index is 13.0. The van der Waals surface area contributed by atoms with E-state index in [1.54, 1.807) is 65.0 Å². The second kappa shape index (κ2) is 11.7. The minimum absolute atomic E-state index is 0.0367. The summed E-state index contributed by atoms with van der Waals surface area (Å²) in [4.78, 5) is 44.4. The van der Waals surface area contributed by atoms with Crippen molar-refractivity contribution in [2.24, 2.45) is 0 Å². The van der Waals surface area contributed by atoms with Gasteiger partial charge in [-0.2, -0.15) is 0 Å². The van der Waals surface area contributed by atoms with Gasteiger partial charge < -0.3 is 10.1 Å². The standard InChI is InChI=1S/C26H33N5O6S/c1-17-13-14-31(30-38(35,36)20-9-7-6-8-10-20)24(33)21(17)15-23(32)27-16-19-11-12-22(28-18(19)2)29-25(34)37-26(3,4)5/h6-12,30H,13-16H2,1-5H3,(H,27,32)(H,28,29,34). The number of aromatic nitrogens is 1. The normalized spacial score (nSPS) is 14.3. The lowest BCUT2D eigenvalue weighted by Gasteiger charge is -2.29. The summed E-state index contributed by atoms with van der Waals surface area (Å²) >= 11 is 0. The fourth-order valence-electron chi connectivity index (χ4n) is 3.66. The Morgan fingerprint density at radius 3 is 2.39 bits per heavy atom. The number of pyridine rings is 1. The Balaban J connectivity index is 1.58. The van der Waals surface area contributed by atoms with Crippen molar-refractivity contribution in [1.82, 2.24) is 20.1 Å². The van der Waals surface area contributed by atoms with Gasteiger partial charge in [-0.15, -0.1) is 4.83 Å².